The maximum Gasteiger partial charge on any atom is 0.124 e. The maximum atomic E-state index is 5.25. The van der Waals surface area contributed by atoms with Crippen molar-refractivity contribution in [3.8, 4) is 12.3 Å². The van der Waals surface area contributed by atoms with Gasteiger partial charge in [0.1, 0.15) is 6.04 Å². The van der Waals surface area contributed by atoms with Crippen molar-refractivity contribution < 1.29 is 0 Å². The second-order valence-electron chi connectivity index (χ2n) is 2.47. The molecule has 0 aliphatic carbocycles. The number of hydrogen-bond acceptors (Lipinski definition) is 3. The van der Waals surface area contributed by atoms with Crippen LogP contribution in [0.4, 0.5) is 0 Å². The highest BCUT2D eigenvalue weighted by atomic mass is 15.2. The zero-order valence-corrected chi connectivity index (χ0v) is 6.91. The van der Waals surface area contributed by atoms with Gasteiger partial charge in [-0.2, -0.15) is 0 Å². The molecule has 12 heavy (non-hydrogen) atoms. The van der Waals surface area contributed by atoms with Crippen LogP contribution in [-0.2, 0) is 0 Å². The van der Waals surface area contributed by atoms with Crippen molar-refractivity contribution in [1.82, 2.24) is 10.4 Å². The first-order chi connectivity index (χ1) is 5.79. The molecule has 0 amide bonds. The average molecular weight is 161 g/mol. The molecular formula is C9H11N3. The van der Waals surface area contributed by atoms with E-state index in [-0.39, 0.29) is 6.04 Å². The lowest BCUT2D eigenvalue weighted by Crippen LogP contribution is -2.28. The monoisotopic (exact) mass is 161 g/mol. The molecule has 62 valence electrons. The highest BCUT2D eigenvalue weighted by Crippen LogP contribution is 2.11. The van der Waals surface area contributed by atoms with Gasteiger partial charge in [0.25, 0.3) is 0 Å². The highest BCUT2D eigenvalue weighted by molar-refractivity contribution is 5.26. The largest absolute Gasteiger partial charge is 0.270 e. The number of nitrogens with zero attached hydrogens (tertiary/aromatic N) is 1. The average Bonchev–Trinajstić information content (AvgIpc) is 2.10. The number of aryl methyl sites for hydroxylation is 1. The fourth-order valence-corrected chi connectivity index (χ4v) is 1.01. The summed E-state index contributed by atoms with van der Waals surface area (Å²) in [4.78, 5) is 4.14. The molecular weight excluding hydrogens is 150 g/mol. The van der Waals surface area contributed by atoms with E-state index in [0.717, 1.165) is 11.3 Å². The van der Waals surface area contributed by atoms with E-state index >= 15 is 0 Å². The van der Waals surface area contributed by atoms with Gasteiger partial charge in [-0.15, -0.1) is 6.42 Å². The second-order valence-corrected chi connectivity index (χ2v) is 2.47. The van der Waals surface area contributed by atoms with Gasteiger partial charge in [0.05, 0.1) is 5.69 Å². The van der Waals surface area contributed by atoms with Crippen molar-refractivity contribution in [2.45, 2.75) is 13.0 Å². The molecule has 0 aliphatic heterocycles. The molecule has 1 heterocycles. The Hall–Kier alpha value is -1.37. The van der Waals surface area contributed by atoms with Gasteiger partial charge in [-0.25, -0.2) is 5.43 Å². The summed E-state index contributed by atoms with van der Waals surface area (Å²) in [6.45, 7) is 1.95. The minimum absolute atomic E-state index is 0.300. The Morgan fingerprint density at radius 3 is 3.00 bits per heavy atom. The molecule has 0 aromatic carbocycles. The number of nitrogens with one attached hydrogen (secondary N) is 1. The molecule has 0 saturated heterocycles. The molecule has 1 aromatic rings. The van der Waals surface area contributed by atoms with Crippen LogP contribution >= 0.6 is 0 Å². The van der Waals surface area contributed by atoms with E-state index < -0.39 is 0 Å². The van der Waals surface area contributed by atoms with E-state index in [4.69, 9.17) is 12.3 Å². The summed E-state index contributed by atoms with van der Waals surface area (Å²) in [5.74, 6) is 7.76. The van der Waals surface area contributed by atoms with Crippen molar-refractivity contribution in [1.29, 1.82) is 0 Å². The van der Waals surface area contributed by atoms with Crippen molar-refractivity contribution in [2.75, 3.05) is 0 Å². The summed E-state index contributed by atoms with van der Waals surface area (Å²) in [5, 5.41) is 0. The first-order valence-electron chi connectivity index (χ1n) is 3.63. The minimum atomic E-state index is -0.300. The standard InChI is InChI=1S/C9H11N3/c1-3-8(12-10)9-7(2)5-4-6-11-9/h1,4-6,8,12H,10H2,2H3. The van der Waals surface area contributed by atoms with Crippen LogP contribution in [0.15, 0.2) is 18.3 Å². The van der Waals surface area contributed by atoms with Crippen LogP contribution in [-0.4, -0.2) is 4.98 Å². The van der Waals surface area contributed by atoms with Gasteiger partial charge in [-0.1, -0.05) is 12.0 Å². The normalized spacial score (nSPS) is 12.1. The lowest BCUT2D eigenvalue weighted by atomic mass is 10.1. The van der Waals surface area contributed by atoms with E-state index in [2.05, 4.69) is 16.3 Å². The summed E-state index contributed by atoms with van der Waals surface area (Å²) in [5.41, 5.74) is 4.36. The van der Waals surface area contributed by atoms with Crippen LogP contribution in [0, 0.1) is 19.3 Å². The van der Waals surface area contributed by atoms with Gasteiger partial charge in [0.15, 0.2) is 0 Å². The Kier molecular flexibility index (Phi) is 2.81. The molecule has 1 unspecified atom stereocenters. The Bertz CT molecular complexity index is 301. The number of hydrazine groups is 1. The summed E-state index contributed by atoms with van der Waals surface area (Å²) in [6.07, 6.45) is 6.95. The highest BCUT2D eigenvalue weighted by Gasteiger charge is 2.08. The first kappa shape index (κ1) is 8.72. The Labute approximate surface area is 72.0 Å². The van der Waals surface area contributed by atoms with E-state index in [1.165, 1.54) is 0 Å². The molecule has 0 spiro atoms. The predicted molar refractivity (Wildman–Crippen MR) is 47.9 cm³/mol. The number of nitrogens with two attached hydrogens (primary N) is 1. The van der Waals surface area contributed by atoms with E-state index in [0.29, 0.717) is 0 Å². The lowest BCUT2D eigenvalue weighted by molar-refractivity contribution is 0.652. The summed E-state index contributed by atoms with van der Waals surface area (Å²) in [6, 6.07) is 3.51. The minimum Gasteiger partial charge on any atom is -0.270 e. The van der Waals surface area contributed by atoms with E-state index in [9.17, 15) is 0 Å². The van der Waals surface area contributed by atoms with Crippen LogP contribution < -0.4 is 11.3 Å². The Balaban J connectivity index is 3.02. The Morgan fingerprint density at radius 1 is 1.75 bits per heavy atom. The molecule has 3 nitrogen and oxygen atoms in total. The first-order valence-corrected chi connectivity index (χ1v) is 3.63. The molecule has 1 aromatic heterocycles. The number of rotatable bonds is 2. The zero-order valence-electron chi connectivity index (χ0n) is 6.91. The number of aromatic nitrogens is 1. The predicted octanol–water partition coefficient (Wildman–Crippen LogP) is 0.528. The molecule has 1 rings (SSSR count). The van der Waals surface area contributed by atoms with E-state index in [1.54, 1.807) is 6.20 Å². The van der Waals surface area contributed by atoms with Crippen LogP contribution in [0.3, 0.4) is 0 Å². The van der Waals surface area contributed by atoms with Gasteiger partial charge in [0, 0.05) is 6.20 Å². The smallest absolute Gasteiger partial charge is 0.124 e. The van der Waals surface area contributed by atoms with Gasteiger partial charge < -0.3 is 0 Å². The summed E-state index contributed by atoms with van der Waals surface area (Å²) < 4.78 is 0. The lowest BCUT2D eigenvalue weighted by Gasteiger charge is -2.10. The molecule has 0 radical (unpaired) electrons. The van der Waals surface area contributed by atoms with Gasteiger partial charge >= 0.3 is 0 Å². The van der Waals surface area contributed by atoms with Crippen molar-refractivity contribution >= 4 is 0 Å². The third kappa shape index (κ3) is 1.62. The van der Waals surface area contributed by atoms with Gasteiger partial charge in [-0.3, -0.25) is 10.8 Å². The molecule has 0 saturated carbocycles. The van der Waals surface area contributed by atoms with Crippen LogP contribution in [0.2, 0.25) is 0 Å². The second kappa shape index (κ2) is 3.86. The molecule has 0 aliphatic rings. The number of terminal acetylenes is 1. The van der Waals surface area contributed by atoms with Crippen molar-refractivity contribution in [3.63, 3.8) is 0 Å². The quantitative estimate of drug-likeness (QED) is 0.378. The van der Waals surface area contributed by atoms with Gasteiger partial charge in [0.2, 0.25) is 0 Å². The molecule has 0 fully saturated rings. The number of hydrogen-bond donors (Lipinski definition) is 2. The van der Waals surface area contributed by atoms with Crippen molar-refractivity contribution in [2.24, 2.45) is 5.84 Å². The fraction of sp³-hybridized carbons (Fsp3) is 0.222. The summed E-state index contributed by atoms with van der Waals surface area (Å²) >= 11 is 0. The summed E-state index contributed by atoms with van der Waals surface area (Å²) in [7, 11) is 0. The van der Waals surface area contributed by atoms with Crippen molar-refractivity contribution in [3.05, 3.63) is 29.6 Å². The van der Waals surface area contributed by atoms with E-state index in [1.807, 2.05) is 19.1 Å². The number of pyridine rings is 1. The SMILES string of the molecule is C#CC(NN)c1ncccc1C. The van der Waals surface area contributed by atoms with Crippen LogP contribution in [0.5, 0.6) is 0 Å². The zero-order chi connectivity index (χ0) is 8.97. The molecule has 1 atom stereocenters. The molecule has 3 heteroatoms. The van der Waals surface area contributed by atoms with Gasteiger partial charge in [-0.05, 0) is 18.6 Å². The fourth-order valence-electron chi connectivity index (χ4n) is 1.01. The maximum absolute atomic E-state index is 5.25. The third-order valence-corrected chi connectivity index (χ3v) is 1.66. The third-order valence-electron chi connectivity index (χ3n) is 1.66. The Morgan fingerprint density at radius 2 is 2.50 bits per heavy atom. The van der Waals surface area contributed by atoms with Crippen LogP contribution in [0.25, 0.3) is 0 Å². The topological polar surface area (TPSA) is 50.9 Å². The molecule has 0 bridgehead atoms. The van der Waals surface area contributed by atoms with Crippen LogP contribution in [0.1, 0.15) is 17.3 Å². The molecule has 3 N–H and O–H groups in total.